The summed E-state index contributed by atoms with van der Waals surface area (Å²) >= 11 is 1.71. The molecule has 0 bridgehead atoms. The highest BCUT2D eigenvalue weighted by atomic mass is 32.1. The molecule has 0 fully saturated rings. The molecule has 5 aromatic rings. The number of methoxy groups -OCH3 is 1. The van der Waals surface area contributed by atoms with Crippen LogP contribution in [-0.2, 0) is 11.8 Å². The van der Waals surface area contributed by atoms with E-state index in [1.54, 1.807) is 30.8 Å². The number of aromatic nitrogens is 3. The fraction of sp³-hybridized carbons (Fsp3) is 0.258. The van der Waals surface area contributed by atoms with Gasteiger partial charge in [0.2, 0.25) is 0 Å². The molecule has 6 nitrogen and oxygen atoms in total. The normalized spacial score (nSPS) is 13.4. The minimum atomic E-state index is -0.481. The molecule has 2 unspecified atom stereocenters. The maximum atomic E-state index is 6.91. The highest BCUT2D eigenvalue weighted by Crippen LogP contribution is 2.46. The van der Waals surface area contributed by atoms with E-state index in [1.165, 1.54) is 4.88 Å². The van der Waals surface area contributed by atoms with Gasteiger partial charge in [-0.2, -0.15) is 0 Å². The zero-order chi connectivity index (χ0) is 26.9. The quantitative estimate of drug-likeness (QED) is 0.260. The molecule has 38 heavy (non-hydrogen) atoms. The molecule has 5 rings (SSSR count). The molecule has 0 aliphatic carbocycles. The van der Waals surface area contributed by atoms with E-state index in [9.17, 15) is 0 Å². The number of nitrogens with two attached hydrogens (primary N) is 2. The molecule has 2 aromatic carbocycles. The lowest BCUT2D eigenvalue weighted by molar-refractivity contribution is 0.415. The second-order valence-electron chi connectivity index (χ2n) is 10.5. The van der Waals surface area contributed by atoms with Crippen molar-refractivity contribution in [3.63, 3.8) is 0 Å². The second kappa shape index (κ2) is 10.6. The molecule has 3 aromatic heterocycles. The summed E-state index contributed by atoms with van der Waals surface area (Å²) in [7, 11) is 1.68. The van der Waals surface area contributed by atoms with Gasteiger partial charge in [0, 0.05) is 34.4 Å². The Labute approximate surface area is 227 Å². The zero-order valence-corrected chi connectivity index (χ0v) is 23.0. The van der Waals surface area contributed by atoms with Crippen LogP contribution in [0.5, 0.6) is 5.75 Å². The lowest BCUT2D eigenvalue weighted by Gasteiger charge is -2.21. The number of pyridine rings is 1. The number of thiophene rings is 1. The summed E-state index contributed by atoms with van der Waals surface area (Å²) in [5.74, 6) is 1.41. The molecule has 0 aliphatic heterocycles. The lowest BCUT2D eigenvalue weighted by Crippen LogP contribution is -2.36. The van der Waals surface area contributed by atoms with Gasteiger partial charge in [-0.1, -0.05) is 63.2 Å². The predicted octanol–water partition coefficient (Wildman–Crippen LogP) is 6.30. The van der Waals surface area contributed by atoms with Crippen molar-refractivity contribution in [3.8, 4) is 28.3 Å². The van der Waals surface area contributed by atoms with E-state index >= 15 is 0 Å². The smallest absolute Gasteiger partial charge is 0.160 e. The summed E-state index contributed by atoms with van der Waals surface area (Å²) in [6.07, 6.45) is 4.15. The molecular weight excluding hydrogens is 490 g/mol. The Hall–Kier alpha value is -3.65. The van der Waals surface area contributed by atoms with Gasteiger partial charge in [-0.25, -0.2) is 9.97 Å². The topological polar surface area (TPSA) is 99.9 Å². The highest BCUT2D eigenvalue weighted by molar-refractivity contribution is 7.20. The van der Waals surface area contributed by atoms with Crippen LogP contribution in [0.1, 0.15) is 42.9 Å². The van der Waals surface area contributed by atoms with Crippen molar-refractivity contribution >= 4 is 21.6 Å². The molecule has 3 heterocycles. The minimum absolute atomic E-state index is 0.131. The Kier molecular flexibility index (Phi) is 7.25. The molecule has 0 saturated carbocycles. The molecule has 2 atom stereocenters. The molecule has 0 radical (unpaired) electrons. The zero-order valence-electron chi connectivity index (χ0n) is 22.2. The molecule has 194 valence electrons. The second-order valence-corrected chi connectivity index (χ2v) is 11.5. The largest absolute Gasteiger partial charge is 0.497 e. The van der Waals surface area contributed by atoms with Crippen molar-refractivity contribution in [2.45, 2.75) is 44.7 Å². The first kappa shape index (κ1) is 26.0. The van der Waals surface area contributed by atoms with Gasteiger partial charge in [0.05, 0.1) is 29.1 Å². The number of fused-ring (bicyclic) bond motifs is 1. The average Bonchev–Trinajstić information content (AvgIpc) is 3.33. The van der Waals surface area contributed by atoms with Crippen molar-refractivity contribution in [1.82, 2.24) is 15.0 Å². The third-order valence-corrected chi connectivity index (χ3v) is 8.26. The Morgan fingerprint density at radius 3 is 2.32 bits per heavy atom. The summed E-state index contributed by atoms with van der Waals surface area (Å²) in [4.78, 5) is 15.6. The van der Waals surface area contributed by atoms with Gasteiger partial charge in [-0.05, 0) is 47.2 Å². The van der Waals surface area contributed by atoms with Crippen LogP contribution in [0, 0.1) is 0 Å². The first-order valence-electron chi connectivity index (χ1n) is 12.7. The summed E-state index contributed by atoms with van der Waals surface area (Å²) in [5.41, 5.74) is 19.3. The summed E-state index contributed by atoms with van der Waals surface area (Å²) < 4.78 is 6.53. The molecular formula is C31H33N5OS. The number of hydrogen-bond donors (Lipinski definition) is 2. The van der Waals surface area contributed by atoms with Gasteiger partial charge in [0.25, 0.3) is 0 Å². The van der Waals surface area contributed by atoms with E-state index in [1.807, 2.05) is 42.5 Å². The van der Waals surface area contributed by atoms with Crippen molar-refractivity contribution in [1.29, 1.82) is 0 Å². The van der Waals surface area contributed by atoms with Crippen LogP contribution >= 0.6 is 11.3 Å². The van der Waals surface area contributed by atoms with E-state index in [4.69, 9.17) is 26.2 Å². The van der Waals surface area contributed by atoms with Crippen molar-refractivity contribution in [3.05, 3.63) is 95.3 Å². The van der Waals surface area contributed by atoms with E-state index in [0.717, 1.165) is 43.9 Å². The Bertz CT molecular complexity index is 1540. The van der Waals surface area contributed by atoms with Crippen molar-refractivity contribution in [2.75, 3.05) is 7.11 Å². The Balaban J connectivity index is 1.76. The monoisotopic (exact) mass is 523 g/mol. The Morgan fingerprint density at radius 1 is 0.895 bits per heavy atom. The number of rotatable bonds is 7. The van der Waals surface area contributed by atoms with Gasteiger partial charge in [0.15, 0.2) is 5.82 Å². The minimum Gasteiger partial charge on any atom is -0.497 e. The standard InChI is InChI=1S/C31H33N5OS/c1-31(2,3)29-24(21-11-8-12-22(18-21)37-4)26-28(38-29)27(36-30(35-26)20-13-15-34-16-14-20)25(33)23(32)17-19-9-6-5-7-10-19/h5-16,18,23,25H,17,32-33H2,1-4H3. The third-order valence-electron chi connectivity index (χ3n) is 6.63. The van der Waals surface area contributed by atoms with E-state index in [-0.39, 0.29) is 11.5 Å². The predicted molar refractivity (Wildman–Crippen MR) is 156 cm³/mol. The summed E-state index contributed by atoms with van der Waals surface area (Å²) in [6.45, 7) is 6.66. The molecule has 0 aliphatic rings. The van der Waals surface area contributed by atoms with Crippen molar-refractivity contribution in [2.24, 2.45) is 11.5 Å². The number of nitrogens with zero attached hydrogens (tertiary/aromatic N) is 3. The van der Waals surface area contributed by atoms with Gasteiger partial charge >= 0.3 is 0 Å². The molecule has 0 saturated heterocycles. The fourth-order valence-electron chi connectivity index (χ4n) is 4.65. The first-order valence-corrected chi connectivity index (χ1v) is 13.5. The molecule has 7 heteroatoms. The first-order chi connectivity index (χ1) is 18.3. The third kappa shape index (κ3) is 5.18. The van der Waals surface area contributed by atoms with Crippen LogP contribution in [-0.4, -0.2) is 28.1 Å². The van der Waals surface area contributed by atoms with E-state index in [0.29, 0.717) is 12.2 Å². The summed E-state index contributed by atoms with van der Waals surface area (Å²) in [5, 5.41) is 0. The van der Waals surface area contributed by atoms with Crippen LogP contribution in [0.3, 0.4) is 0 Å². The molecule has 0 spiro atoms. The van der Waals surface area contributed by atoms with Crippen LogP contribution in [0.25, 0.3) is 32.7 Å². The van der Waals surface area contributed by atoms with E-state index in [2.05, 4.69) is 50.0 Å². The van der Waals surface area contributed by atoms with E-state index < -0.39 is 6.04 Å². The molecule has 0 amide bonds. The number of benzene rings is 2. The molecule has 4 N–H and O–H groups in total. The fourth-order valence-corrected chi connectivity index (χ4v) is 6.00. The van der Waals surface area contributed by atoms with Crippen molar-refractivity contribution < 1.29 is 4.74 Å². The number of ether oxygens (including phenoxy) is 1. The summed E-state index contributed by atoms with van der Waals surface area (Å²) in [6, 6.07) is 21.4. The average molecular weight is 524 g/mol. The lowest BCUT2D eigenvalue weighted by atomic mass is 9.88. The van der Waals surface area contributed by atoms with Crippen LogP contribution in [0.2, 0.25) is 0 Å². The van der Waals surface area contributed by atoms with Crippen LogP contribution in [0.4, 0.5) is 0 Å². The van der Waals surface area contributed by atoms with Gasteiger partial charge < -0.3 is 16.2 Å². The van der Waals surface area contributed by atoms with Crippen LogP contribution < -0.4 is 16.2 Å². The van der Waals surface area contributed by atoms with Gasteiger partial charge in [-0.3, -0.25) is 4.98 Å². The SMILES string of the molecule is COc1cccc(-c2c(C(C)(C)C)sc3c(C(N)C(N)Cc4ccccc4)nc(-c4ccncc4)nc23)c1. The van der Waals surface area contributed by atoms with Gasteiger partial charge in [0.1, 0.15) is 5.75 Å². The van der Waals surface area contributed by atoms with Crippen LogP contribution in [0.15, 0.2) is 79.1 Å². The maximum Gasteiger partial charge on any atom is 0.160 e. The Morgan fingerprint density at radius 2 is 1.63 bits per heavy atom. The highest BCUT2D eigenvalue weighted by Gasteiger charge is 2.30. The maximum absolute atomic E-state index is 6.91. The number of hydrogen-bond acceptors (Lipinski definition) is 7. The van der Waals surface area contributed by atoms with Gasteiger partial charge in [-0.15, -0.1) is 11.3 Å².